The first kappa shape index (κ1) is 22.9. The molecule has 0 radical (unpaired) electrons. The van der Waals surface area contributed by atoms with E-state index in [9.17, 15) is 9.59 Å². The molecule has 2 aromatic carbocycles. The van der Waals surface area contributed by atoms with E-state index in [0.29, 0.717) is 29.4 Å². The highest BCUT2D eigenvalue weighted by atomic mass is 35.5. The predicted molar refractivity (Wildman–Crippen MR) is 131 cm³/mol. The number of hydrogen-bond donors (Lipinski definition) is 2. The highest BCUT2D eigenvalue weighted by Crippen LogP contribution is 2.43. The topological polar surface area (TPSA) is 72.4 Å². The van der Waals surface area contributed by atoms with Gasteiger partial charge in [0.25, 0.3) is 11.8 Å². The summed E-state index contributed by atoms with van der Waals surface area (Å²) in [6.45, 7) is 2.21. The van der Waals surface area contributed by atoms with E-state index in [1.165, 1.54) is 6.07 Å². The van der Waals surface area contributed by atoms with E-state index < -0.39 is 17.6 Å². The van der Waals surface area contributed by atoms with Gasteiger partial charge in [-0.15, -0.1) is 12.4 Å². The molecule has 0 saturated carbocycles. The van der Waals surface area contributed by atoms with Crippen LogP contribution in [0.1, 0.15) is 35.6 Å². The van der Waals surface area contributed by atoms with E-state index in [1.807, 2.05) is 18.3 Å². The Labute approximate surface area is 206 Å². The van der Waals surface area contributed by atoms with Crippen LogP contribution in [0, 0.1) is 5.82 Å². The lowest BCUT2D eigenvalue weighted by Gasteiger charge is -2.25. The summed E-state index contributed by atoms with van der Waals surface area (Å²) in [4.78, 5) is 26.1. The first-order valence-corrected chi connectivity index (χ1v) is 11.5. The fourth-order valence-electron chi connectivity index (χ4n) is 5.22. The molecule has 3 aliphatic heterocycles. The lowest BCUT2D eigenvalue weighted by Crippen LogP contribution is -2.29. The molecule has 3 aliphatic rings. The molecule has 1 aromatic heterocycles. The lowest BCUT2D eigenvalue weighted by atomic mass is 9.93. The van der Waals surface area contributed by atoms with E-state index in [4.69, 9.17) is 16.3 Å². The molecule has 34 heavy (non-hydrogen) atoms. The molecule has 2 N–H and O–H groups in total. The van der Waals surface area contributed by atoms with E-state index in [2.05, 4.69) is 15.2 Å². The Morgan fingerprint density at radius 2 is 1.82 bits per heavy atom. The molecule has 6 rings (SSSR count). The van der Waals surface area contributed by atoms with Gasteiger partial charge in [-0.25, -0.2) is 4.39 Å². The number of imide groups is 1. The third kappa shape index (κ3) is 3.50. The Kier molecular flexibility index (Phi) is 5.88. The van der Waals surface area contributed by atoms with Crippen molar-refractivity contribution in [3.05, 3.63) is 64.1 Å². The van der Waals surface area contributed by atoms with E-state index in [-0.39, 0.29) is 35.2 Å². The SMILES string of the molecule is Cl.O=C1NC(=O)C(c2cn(C3CCNCC3)c3ccc(Cl)cc23)=C1c1c(F)ccc2c1OCC2. The summed E-state index contributed by atoms with van der Waals surface area (Å²) in [5.74, 6) is -1.42. The van der Waals surface area contributed by atoms with Gasteiger partial charge < -0.3 is 14.6 Å². The zero-order valence-electron chi connectivity index (χ0n) is 18.1. The molecule has 1 fully saturated rings. The van der Waals surface area contributed by atoms with Crippen molar-refractivity contribution in [3.63, 3.8) is 0 Å². The maximum atomic E-state index is 15.1. The number of carbonyl (C=O) groups is 2. The molecule has 6 nitrogen and oxygen atoms in total. The highest BCUT2D eigenvalue weighted by molar-refractivity contribution is 6.50. The summed E-state index contributed by atoms with van der Waals surface area (Å²) in [5, 5.41) is 7.02. The van der Waals surface area contributed by atoms with Gasteiger partial charge in [0.15, 0.2) is 0 Å². The van der Waals surface area contributed by atoms with Gasteiger partial charge in [0.05, 0.1) is 23.3 Å². The second-order valence-corrected chi connectivity index (χ2v) is 9.07. The number of ether oxygens (including phenoxy) is 1. The molecule has 3 aromatic rings. The van der Waals surface area contributed by atoms with E-state index >= 15 is 4.39 Å². The summed E-state index contributed by atoms with van der Waals surface area (Å²) >= 11 is 6.33. The van der Waals surface area contributed by atoms with Crippen molar-refractivity contribution in [2.75, 3.05) is 19.7 Å². The molecule has 0 bridgehead atoms. The molecular weight excluding hydrogens is 480 g/mol. The van der Waals surface area contributed by atoms with Gasteiger partial charge in [-0.05, 0) is 55.8 Å². The maximum Gasteiger partial charge on any atom is 0.259 e. The van der Waals surface area contributed by atoms with Crippen molar-refractivity contribution in [1.82, 2.24) is 15.2 Å². The van der Waals surface area contributed by atoms with E-state index in [1.54, 1.807) is 12.1 Å². The third-order valence-electron chi connectivity index (χ3n) is 6.75. The molecular formula is C25H22Cl2FN3O3. The molecule has 0 unspecified atom stereocenters. The molecule has 0 aliphatic carbocycles. The van der Waals surface area contributed by atoms with Gasteiger partial charge in [0.2, 0.25) is 0 Å². The average molecular weight is 502 g/mol. The predicted octanol–water partition coefficient (Wildman–Crippen LogP) is 4.28. The van der Waals surface area contributed by atoms with Gasteiger partial charge in [-0.3, -0.25) is 14.9 Å². The minimum absolute atomic E-state index is 0. The summed E-state index contributed by atoms with van der Waals surface area (Å²) in [6, 6.07) is 8.79. The number of carbonyl (C=O) groups excluding carboxylic acids is 2. The monoisotopic (exact) mass is 501 g/mol. The Bertz CT molecular complexity index is 1380. The fourth-order valence-corrected chi connectivity index (χ4v) is 5.40. The number of piperidine rings is 1. The zero-order valence-corrected chi connectivity index (χ0v) is 19.7. The largest absolute Gasteiger partial charge is 0.492 e. The van der Waals surface area contributed by atoms with Crippen molar-refractivity contribution in [2.45, 2.75) is 25.3 Å². The van der Waals surface area contributed by atoms with Crippen LogP contribution >= 0.6 is 24.0 Å². The summed E-state index contributed by atoms with van der Waals surface area (Å²) in [5.41, 5.74) is 2.54. The molecule has 176 valence electrons. The van der Waals surface area contributed by atoms with Crippen LogP contribution < -0.4 is 15.4 Å². The number of amides is 2. The molecule has 1 saturated heterocycles. The normalized spacial score (nSPS) is 18.2. The van der Waals surface area contributed by atoms with Crippen molar-refractivity contribution in [2.24, 2.45) is 0 Å². The van der Waals surface area contributed by atoms with Crippen LogP contribution in [0.5, 0.6) is 5.75 Å². The molecule has 2 amide bonds. The minimum Gasteiger partial charge on any atom is -0.492 e. The summed E-state index contributed by atoms with van der Waals surface area (Å²) in [6.07, 6.45) is 4.42. The zero-order chi connectivity index (χ0) is 22.7. The lowest BCUT2D eigenvalue weighted by molar-refractivity contribution is -0.122. The third-order valence-corrected chi connectivity index (χ3v) is 6.99. The number of benzene rings is 2. The number of nitrogens with zero attached hydrogens (tertiary/aromatic N) is 1. The van der Waals surface area contributed by atoms with Crippen LogP contribution in [0.2, 0.25) is 5.02 Å². The Morgan fingerprint density at radius 1 is 1.06 bits per heavy atom. The standard InChI is InChI=1S/C25H21ClFN3O3.ClH/c26-14-2-4-19-16(11-14)17(12-30(19)15-5-8-28-9-6-15)20-22(25(32)29-24(20)31)21-18(27)3-1-13-7-10-33-23(13)21;/h1-4,11-12,15,28H,5-10H2,(H,29,31,32);1H. The average Bonchev–Trinajstić information content (AvgIpc) is 3.50. The Balaban J connectivity index is 0.00000241. The number of aromatic nitrogens is 1. The van der Waals surface area contributed by atoms with Crippen molar-refractivity contribution >= 4 is 57.9 Å². The second-order valence-electron chi connectivity index (χ2n) is 8.64. The molecule has 9 heteroatoms. The van der Waals surface area contributed by atoms with Crippen LogP contribution in [0.15, 0.2) is 36.5 Å². The van der Waals surface area contributed by atoms with Crippen LogP contribution in [0.3, 0.4) is 0 Å². The maximum absolute atomic E-state index is 15.1. The Morgan fingerprint density at radius 3 is 2.62 bits per heavy atom. The van der Waals surface area contributed by atoms with Crippen molar-refractivity contribution in [3.8, 4) is 5.75 Å². The van der Waals surface area contributed by atoms with Gasteiger partial charge in [0, 0.05) is 40.1 Å². The van der Waals surface area contributed by atoms with Crippen LogP contribution in [-0.4, -0.2) is 36.1 Å². The number of rotatable bonds is 3. The van der Waals surface area contributed by atoms with Crippen LogP contribution in [0.25, 0.3) is 22.0 Å². The highest BCUT2D eigenvalue weighted by Gasteiger charge is 2.38. The van der Waals surface area contributed by atoms with Gasteiger partial charge in [-0.2, -0.15) is 0 Å². The quantitative estimate of drug-likeness (QED) is 0.525. The molecule has 4 heterocycles. The van der Waals surface area contributed by atoms with Crippen molar-refractivity contribution in [1.29, 1.82) is 0 Å². The van der Waals surface area contributed by atoms with Gasteiger partial charge >= 0.3 is 0 Å². The van der Waals surface area contributed by atoms with Gasteiger partial charge in [0.1, 0.15) is 11.6 Å². The Hall–Kier alpha value is -2.87. The second kappa shape index (κ2) is 8.73. The summed E-state index contributed by atoms with van der Waals surface area (Å²) < 4.78 is 23.0. The first-order valence-electron chi connectivity index (χ1n) is 11.1. The number of fused-ring (bicyclic) bond motifs is 2. The fraction of sp³-hybridized carbons (Fsp3) is 0.280. The molecule has 0 atom stereocenters. The number of nitrogens with one attached hydrogen (secondary N) is 2. The van der Waals surface area contributed by atoms with Crippen LogP contribution in [-0.2, 0) is 16.0 Å². The van der Waals surface area contributed by atoms with E-state index in [0.717, 1.165) is 42.4 Å². The first-order chi connectivity index (χ1) is 16.0. The number of hydrogen-bond acceptors (Lipinski definition) is 4. The van der Waals surface area contributed by atoms with Crippen LogP contribution in [0.4, 0.5) is 4.39 Å². The summed E-state index contributed by atoms with van der Waals surface area (Å²) in [7, 11) is 0. The number of halogens is 3. The van der Waals surface area contributed by atoms with Crippen molar-refractivity contribution < 1.29 is 18.7 Å². The van der Waals surface area contributed by atoms with Gasteiger partial charge in [-0.1, -0.05) is 17.7 Å². The molecule has 0 spiro atoms. The smallest absolute Gasteiger partial charge is 0.259 e. The minimum atomic E-state index is -0.623.